The SMILES string of the molecule is O=C(O)c1c[nH]c(=O)c(C2CCCC2)n1. The van der Waals surface area contributed by atoms with Crippen molar-refractivity contribution < 1.29 is 9.90 Å². The Morgan fingerprint density at radius 3 is 2.73 bits per heavy atom. The van der Waals surface area contributed by atoms with Crippen LogP contribution < -0.4 is 5.56 Å². The number of hydrogen-bond acceptors (Lipinski definition) is 3. The predicted octanol–water partition coefficient (Wildman–Crippen LogP) is 1.13. The summed E-state index contributed by atoms with van der Waals surface area (Å²) >= 11 is 0. The van der Waals surface area contributed by atoms with Gasteiger partial charge in [0.15, 0.2) is 5.69 Å². The van der Waals surface area contributed by atoms with Crippen molar-refractivity contribution in [1.82, 2.24) is 9.97 Å². The highest BCUT2D eigenvalue weighted by Crippen LogP contribution is 2.31. The highest BCUT2D eigenvalue weighted by atomic mass is 16.4. The topological polar surface area (TPSA) is 83.0 Å². The number of aromatic amines is 1. The fraction of sp³-hybridized carbons (Fsp3) is 0.500. The smallest absolute Gasteiger partial charge is 0.356 e. The summed E-state index contributed by atoms with van der Waals surface area (Å²) < 4.78 is 0. The minimum Gasteiger partial charge on any atom is -0.476 e. The molecule has 0 spiro atoms. The fourth-order valence-electron chi connectivity index (χ4n) is 2.01. The van der Waals surface area contributed by atoms with Gasteiger partial charge in [-0.25, -0.2) is 9.78 Å². The molecule has 0 radical (unpaired) electrons. The van der Waals surface area contributed by atoms with E-state index in [1.54, 1.807) is 0 Å². The van der Waals surface area contributed by atoms with Gasteiger partial charge in [-0.05, 0) is 12.8 Å². The number of H-pyrrole nitrogens is 1. The minimum atomic E-state index is -1.11. The van der Waals surface area contributed by atoms with Gasteiger partial charge in [-0.3, -0.25) is 4.79 Å². The number of nitrogens with zero attached hydrogens (tertiary/aromatic N) is 1. The van der Waals surface area contributed by atoms with E-state index in [-0.39, 0.29) is 17.2 Å². The number of nitrogens with one attached hydrogen (secondary N) is 1. The van der Waals surface area contributed by atoms with Crippen LogP contribution in [0.25, 0.3) is 0 Å². The van der Waals surface area contributed by atoms with Gasteiger partial charge in [-0.1, -0.05) is 12.8 Å². The highest BCUT2D eigenvalue weighted by molar-refractivity contribution is 5.84. The monoisotopic (exact) mass is 208 g/mol. The van der Waals surface area contributed by atoms with Gasteiger partial charge in [-0.15, -0.1) is 0 Å². The van der Waals surface area contributed by atoms with E-state index < -0.39 is 5.97 Å². The molecule has 5 nitrogen and oxygen atoms in total. The Labute approximate surface area is 86.2 Å². The molecule has 0 amide bonds. The van der Waals surface area contributed by atoms with Crippen LogP contribution in [-0.4, -0.2) is 21.0 Å². The summed E-state index contributed by atoms with van der Waals surface area (Å²) in [6.45, 7) is 0. The minimum absolute atomic E-state index is 0.0866. The highest BCUT2D eigenvalue weighted by Gasteiger charge is 2.22. The zero-order chi connectivity index (χ0) is 10.8. The Balaban J connectivity index is 2.40. The molecule has 0 aliphatic heterocycles. The molecule has 15 heavy (non-hydrogen) atoms. The second-order valence-corrected chi connectivity index (χ2v) is 3.79. The number of aromatic carboxylic acids is 1. The summed E-state index contributed by atoms with van der Waals surface area (Å²) in [7, 11) is 0. The zero-order valence-corrected chi connectivity index (χ0v) is 8.19. The van der Waals surface area contributed by atoms with Gasteiger partial charge >= 0.3 is 5.97 Å². The Morgan fingerprint density at radius 1 is 1.47 bits per heavy atom. The first kappa shape index (κ1) is 9.89. The third kappa shape index (κ3) is 1.91. The van der Waals surface area contributed by atoms with Crippen LogP contribution in [0.3, 0.4) is 0 Å². The largest absolute Gasteiger partial charge is 0.476 e. The van der Waals surface area contributed by atoms with Crippen LogP contribution in [0.2, 0.25) is 0 Å². The van der Waals surface area contributed by atoms with Gasteiger partial charge in [0.1, 0.15) is 5.69 Å². The number of hydrogen-bond donors (Lipinski definition) is 2. The van der Waals surface area contributed by atoms with E-state index in [0.29, 0.717) is 5.69 Å². The second kappa shape index (κ2) is 3.84. The first-order valence-electron chi connectivity index (χ1n) is 5.01. The average molecular weight is 208 g/mol. The molecule has 0 saturated heterocycles. The summed E-state index contributed by atoms with van der Waals surface area (Å²) in [5.41, 5.74) is 0.0378. The summed E-state index contributed by atoms with van der Waals surface area (Å²) in [5, 5.41) is 8.76. The van der Waals surface area contributed by atoms with Crippen molar-refractivity contribution in [3.05, 3.63) is 27.9 Å². The van der Waals surface area contributed by atoms with Gasteiger partial charge in [0, 0.05) is 12.1 Å². The Kier molecular flexibility index (Phi) is 2.53. The van der Waals surface area contributed by atoms with Crippen LogP contribution in [-0.2, 0) is 0 Å². The average Bonchev–Trinajstić information content (AvgIpc) is 2.71. The van der Waals surface area contributed by atoms with Gasteiger partial charge in [0.05, 0.1) is 0 Å². The van der Waals surface area contributed by atoms with Crippen LogP contribution in [0.15, 0.2) is 11.0 Å². The number of carboxylic acid groups (broad SMARTS) is 1. The maximum atomic E-state index is 11.5. The Morgan fingerprint density at radius 2 is 2.13 bits per heavy atom. The zero-order valence-electron chi connectivity index (χ0n) is 8.19. The number of rotatable bonds is 2. The number of carbonyl (C=O) groups is 1. The molecule has 0 unspecified atom stereocenters. The van der Waals surface area contributed by atoms with Crippen LogP contribution in [0, 0.1) is 0 Å². The molecule has 1 aromatic rings. The Bertz CT molecular complexity index is 433. The van der Waals surface area contributed by atoms with Crippen molar-refractivity contribution >= 4 is 5.97 Å². The van der Waals surface area contributed by atoms with Gasteiger partial charge in [-0.2, -0.15) is 0 Å². The van der Waals surface area contributed by atoms with E-state index in [0.717, 1.165) is 31.9 Å². The molecule has 0 bridgehead atoms. The van der Waals surface area contributed by atoms with E-state index in [2.05, 4.69) is 9.97 Å². The normalized spacial score (nSPS) is 16.8. The van der Waals surface area contributed by atoms with Crippen molar-refractivity contribution in [3.8, 4) is 0 Å². The van der Waals surface area contributed by atoms with Crippen molar-refractivity contribution in [2.75, 3.05) is 0 Å². The molecular formula is C10H12N2O3. The molecule has 5 heteroatoms. The summed E-state index contributed by atoms with van der Waals surface area (Å²) in [4.78, 5) is 28.5. The summed E-state index contributed by atoms with van der Waals surface area (Å²) in [6, 6.07) is 0. The molecule has 1 heterocycles. The molecule has 1 aliphatic rings. The molecule has 1 saturated carbocycles. The lowest BCUT2D eigenvalue weighted by Crippen LogP contribution is -2.20. The number of carboxylic acids is 1. The molecule has 1 fully saturated rings. The van der Waals surface area contributed by atoms with E-state index in [1.807, 2.05) is 0 Å². The molecule has 0 atom stereocenters. The van der Waals surface area contributed by atoms with E-state index in [1.165, 1.54) is 0 Å². The fourth-order valence-corrected chi connectivity index (χ4v) is 2.01. The van der Waals surface area contributed by atoms with Crippen molar-refractivity contribution in [3.63, 3.8) is 0 Å². The van der Waals surface area contributed by atoms with E-state index in [4.69, 9.17) is 5.11 Å². The van der Waals surface area contributed by atoms with Crippen LogP contribution >= 0.6 is 0 Å². The van der Waals surface area contributed by atoms with Crippen LogP contribution in [0.4, 0.5) is 0 Å². The van der Waals surface area contributed by atoms with Crippen molar-refractivity contribution in [1.29, 1.82) is 0 Å². The molecule has 80 valence electrons. The maximum absolute atomic E-state index is 11.5. The Hall–Kier alpha value is -1.65. The quantitative estimate of drug-likeness (QED) is 0.763. The molecule has 1 aromatic heterocycles. The molecule has 2 N–H and O–H groups in total. The second-order valence-electron chi connectivity index (χ2n) is 3.79. The summed E-state index contributed by atoms with van der Waals surface area (Å²) in [6.07, 6.45) is 5.17. The first-order chi connectivity index (χ1) is 7.18. The first-order valence-corrected chi connectivity index (χ1v) is 5.01. The van der Waals surface area contributed by atoms with E-state index >= 15 is 0 Å². The third-order valence-electron chi connectivity index (χ3n) is 2.77. The maximum Gasteiger partial charge on any atom is 0.356 e. The van der Waals surface area contributed by atoms with Crippen LogP contribution in [0.5, 0.6) is 0 Å². The van der Waals surface area contributed by atoms with Gasteiger partial charge < -0.3 is 10.1 Å². The van der Waals surface area contributed by atoms with Gasteiger partial charge in [0.25, 0.3) is 5.56 Å². The van der Waals surface area contributed by atoms with Crippen LogP contribution in [0.1, 0.15) is 47.8 Å². The summed E-state index contributed by atoms with van der Waals surface area (Å²) in [5.74, 6) is -0.974. The number of aromatic nitrogens is 2. The van der Waals surface area contributed by atoms with E-state index in [9.17, 15) is 9.59 Å². The standard InChI is InChI=1S/C10H12N2O3/c13-9-8(6-3-1-2-4-6)12-7(5-11-9)10(14)15/h5-6H,1-4H2,(H,11,13)(H,14,15). The van der Waals surface area contributed by atoms with Gasteiger partial charge in [0.2, 0.25) is 0 Å². The predicted molar refractivity (Wildman–Crippen MR) is 53.0 cm³/mol. The lowest BCUT2D eigenvalue weighted by Gasteiger charge is -2.06. The molecule has 2 rings (SSSR count). The molecular weight excluding hydrogens is 196 g/mol. The lowest BCUT2D eigenvalue weighted by molar-refractivity contribution is 0.0689. The lowest BCUT2D eigenvalue weighted by atomic mass is 10.0. The van der Waals surface area contributed by atoms with Crippen molar-refractivity contribution in [2.24, 2.45) is 0 Å². The molecule has 1 aliphatic carbocycles. The molecule has 0 aromatic carbocycles. The van der Waals surface area contributed by atoms with Crippen molar-refractivity contribution in [2.45, 2.75) is 31.6 Å². The third-order valence-corrected chi connectivity index (χ3v) is 2.77.